The first-order valence-electron chi connectivity index (χ1n) is 6.85. The molecule has 1 aliphatic rings. The lowest BCUT2D eigenvalue weighted by Crippen LogP contribution is -2.27. The number of anilines is 1. The van der Waals surface area contributed by atoms with Gasteiger partial charge in [-0.15, -0.1) is 0 Å². The summed E-state index contributed by atoms with van der Waals surface area (Å²) in [7, 11) is 0. The minimum absolute atomic E-state index is 0.119. The van der Waals surface area contributed by atoms with E-state index in [0.29, 0.717) is 23.4 Å². The Labute approximate surface area is 126 Å². The first-order chi connectivity index (χ1) is 10.6. The molecule has 22 heavy (non-hydrogen) atoms. The quantitative estimate of drug-likeness (QED) is 0.913. The van der Waals surface area contributed by atoms with E-state index in [-0.39, 0.29) is 18.4 Å². The fraction of sp³-hybridized carbons (Fsp3) is 0.188. The third-order valence-electron chi connectivity index (χ3n) is 3.58. The number of ether oxygens (including phenoxy) is 1. The first kappa shape index (κ1) is 14.3. The normalized spacial score (nSPS) is 17.6. The van der Waals surface area contributed by atoms with Crippen LogP contribution in [0.25, 0.3) is 11.1 Å². The number of hydrogen-bond donors (Lipinski definition) is 2. The Morgan fingerprint density at radius 2 is 2.00 bits per heavy atom. The highest BCUT2D eigenvalue weighted by Crippen LogP contribution is 2.29. The molecule has 1 aliphatic heterocycles. The summed E-state index contributed by atoms with van der Waals surface area (Å²) in [6.07, 6.45) is -0.889. The van der Waals surface area contributed by atoms with Gasteiger partial charge in [0, 0.05) is 12.1 Å². The molecule has 3 N–H and O–H groups in total. The van der Waals surface area contributed by atoms with Gasteiger partial charge in [0.05, 0.1) is 12.2 Å². The molecule has 1 amide bonds. The first-order valence-corrected chi connectivity index (χ1v) is 6.85. The van der Waals surface area contributed by atoms with E-state index in [1.54, 1.807) is 24.3 Å². The van der Waals surface area contributed by atoms with Gasteiger partial charge in [-0.05, 0) is 35.9 Å². The van der Waals surface area contributed by atoms with E-state index >= 15 is 0 Å². The number of nitrogens with zero attached hydrogens (tertiary/aromatic N) is 1. The number of carbonyl (C=O) groups is 1. The van der Waals surface area contributed by atoms with Crippen LogP contribution in [0.1, 0.15) is 0 Å². The van der Waals surface area contributed by atoms with Crippen molar-refractivity contribution in [1.82, 2.24) is 0 Å². The smallest absolute Gasteiger partial charge is 0.414 e. The van der Waals surface area contributed by atoms with E-state index in [2.05, 4.69) is 0 Å². The molecule has 0 radical (unpaired) electrons. The molecule has 0 spiro atoms. The fourth-order valence-corrected chi connectivity index (χ4v) is 2.40. The average Bonchev–Trinajstić information content (AvgIpc) is 2.89. The van der Waals surface area contributed by atoms with Crippen molar-refractivity contribution < 1.29 is 19.0 Å². The summed E-state index contributed by atoms with van der Waals surface area (Å²) in [5.41, 5.74) is 6.95. The maximum absolute atomic E-state index is 14.3. The van der Waals surface area contributed by atoms with Gasteiger partial charge in [0.1, 0.15) is 17.7 Å². The maximum atomic E-state index is 14.3. The van der Waals surface area contributed by atoms with Crippen molar-refractivity contribution >= 4 is 11.8 Å². The molecule has 0 aliphatic carbocycles. The van der Waals surface area contributed by atoms with Crippen molar-refractivity contribution in [3.63, 3.8) is 0 Å². The Morgan fingerprint density at radius 1 is 1.27 bits per heavy atom. The number of amides is 1. The Morgan fingerprint density at radius 3 is 2.59 bits per heavy atom. The molecule has 114 valence electrons. The van der Waals surface area contributed by atoms with E-state index in [9.17, 15) is 14.3 Å². The summed E-state index contributed by atoms with van der Waals surface area (Å²) in [4.78, 5) is 13.1. The summed E-state index contributed by atoms with van der Waals surface area (Å²) in [5, 5.41) is 9.28. The second kappa shape index (κ2) is 5.65. The monoisotopic (exact) mass is 302 g/mol. The van der Waals surface area contributed by atoms with Gasteiger partial charge >= 0.3 is 6.09 Å². The summed E-state index contributed by atoms with van der Waals surface area (Å²) < 4.78 is 19.4. The Balaban J connectivity index is 1.89. The Bertz CT molecular complexity index is 703. The fourth-order valence-electron chi connectivity index (χ4n) is 2.40. The SMILES string of the molecule is NC[C@H]1CN(c2ccc(-c3ccc(O)cc3)c(F)c2)C(=O)O1. The van der Waals surface area contributed by atoms with Crippen molar-refractivity contribution in [1.29, 1.82) is 0 Å². The second-order valence-electron chi connectivity index (χ2n) is 5.06. The molecular formula is C16H15FN2O3. The van der Waals surface area contributed by atoms with Gasteiger partial charge in [0.25, 0.3) is 0 Å². The largest absolute Gasteiger partial charge is 0.508 e. The zero-order chi connectivity index (χ0) is 15.7. The highest BCUT2D eigenvalue weighted by Gasteiger charge is 2.31. The van der Waals surface area contributed by atoms with Crippen LogP contribution in [-0.4, -0.2) is 30.4 Å². The van der Waals surface area contributed by atoms with Crippen LogP contribution in [0.5, 0.6) is 5.75 Å². The number of aromatic hydroxyl groups is 1. The van der Waals surface area contributed by atoms with Crippen LogP contribution in [-0.2, 0) is 4.74 Å². The number of hydrogen-bond acceptors (Lipinski definition) is 4. The zero-order valence-electron chi connectivity index (χ0n) is 11.7. The maximum Gasteiger partial charge on any atom is 0.414 e. The van der Waals surface area contributed by atoms with Crippen molar-refractivity contribution in [2.75, 3.05) is 18.0 Å². The van der Waals surface area contributed by atoms with Crippen LogP contribution < -0.4 is 10.6 Å². The van der Waals surface area contributed by atoms with E-state index in [0.717, 1.165) is 0 Å². The predicted octanol–water partition coefficient (Wildman–Crippen LogP) is 2.48. The van der Waals surface area contributed by atoms with Crippen LogP contribution in [0, 0.1) is 5.82 Å². The Hall–Kier alpha value is -2.60. The summed E-state index contributed by atoms with van der Waals surface area (Å²) in [6, 6.07) is 10.8. The molecule has 1 saturated heterocycles. The highest BCUT2D eigenvalue weighted by molar-refractivity contribution is 5.90. The summed E-state index contributed by atoms with van der Waals surface area (Å²) in [6.45, 7) is 0.545. The van der Waals surface area contributed by atoms with E-state index in [1.807, 2.05) is 0 Å². The van der Waals surface area contributed by atoms with E-state index in [4.69, 9.17) is 10.5 Å². The molecule has 5 nitrogen and oxygen atoms in total. The second-order valence-corrected chi connectivity index (χ2v) is 5.06. The standard InChI is InChI=1S/C16H15FN2O3/c17-15-7-11(19-9-13(8-18)22-16(19)21)3-6-14(15)10-1-4-12(20)5-2-10/h1-7,13,20H,8-9,18H2/t13-/m0/s1. The number of halogens is 1. The van der Waals surface area contributed by atoms with Crippen LogP contribution >= 0.6 is 0 Å². The number of cyclic esters (lactones) is 1. The molecule has 2 aromatic rings. The number of phenolic OH excluding ortho intramolecular Hbond substituents is 1. The van der Waals surface area contributed by atoms with E-state index in [1.165, 1.54) is 23.1 Å². The Kier molecular flexibility index (Phi) is 3.68. The lowest BCUT2D eigenvalue weighted by molar-refractivity contribution is 0.145. The van der Waals surface area contributed by atoms with Crippen molar-refractivity contribution in [2.45, 2.75) is 6.10 Å². The topological polar surface area (TPSA) is 75.8 Å². The molecule has 0 bridgehead atoms. The number of nitrogens with two attached hydrogens (primary N) is 1. The molecule has 0 unspecified atom stereocenters. The van der Waals surface area contributed by atoms with Crippen molar-refractivity contribution in [3.8, 4) is 16.9 Å². The third-order valence-corrected chi connectivity index (χ3v) is 3.58. The molecule has 3 rings (SSSR count). The van der Waals surface area contributed by atoms with Crippen LogP contribution in [0.3, 0.4) is 0 Å². The molecule has 6 heteroatoms. The highest BCUT2D eigenvalue weighted by atomic mass is 19.1. The van der Waals surface area contributed by atoms with Gasteiger partial charge in [0.2, 0.25) is 0 Å². The van der Waals surface area contributed by atoms with Crippen LogP contribution in [0.4, 0.5) is 14.9 Å². The van der Waals surface area contributed by atoms with Gasteiger partial charge in [0.15, 0.2) is 0 Å². The van der Waals surface area contributed by atoms with Crippen LogP contribution in [0.2, 0.25) is 0 Å². The lowest BCUT2D eigenvalue weighted by atomic mass is 10.0. The molecule has 1 heterocycles. The van der Waals surface area contributed by atoms with Gasteiger partial charge in [-0.25, -0.2) is 9.18 Å². The molecular weight excluding hydrogens is 287 g/mol. The van der Waals surface area contributed by atoms with Gasteiger partial charge in [-0.3, -0.25) is 4.90 Å². The van der Waals surface area contributed by atoms with Crippen LogP contribution in [0.15, 0.2) is 42.5 Å². The summed E-state index contributed by atoms with van der Waals surface area (Å²) in [5.74, 6) is -0.333. The molecule has 0 saturated carbocycles. The predicted molar refractivity (Wildman–Crippen MR) is 80.2 cm³/mol. The molecule has 0 aromatic heterocycles. The van der Waals surface area contributed by atoms with Gasteiger partial charge < -0.3 is 15.6 Å². The minimum atomic E-state index is -0.521. The zero-order valence-corrected chi connectivity index (χ0v) is 11.7. The van der Waals surface area contributed by atoms with Gasteiger partial charge in [-0.2, -0.15) is 0 Å². The number of carbonyl (C=O) groups excluding carboxylic acids is 1. The number of phenols is 1. The van der Waals surface area contributed by atoms with Gasteiger partial charge in [-0.1, -0.05) is 12.1 Å². The van der Waals surface area contributed by atoms with Crippen molar-refractivity contribution in [2.24, 2.45) is 5.73 Å². The lowest BCUT2D eigenvalue weighted by Gasteiger charge is -2.14. The molecule has 1 atom stereocenters. The number of benzene rings is 2. The van der Waals surface area contributed by atoms with E-state index < -0.39 is 11.9 Å². The summed E-state index contributed by atoms with van der Waals surface area (Å²) >= 11 is 0. The molecule has 2 aromatic carbocycles. The average molecular weight is 302 g/mol. The van der Waals surface area contributed by atoms with Crippen molar-refractivity contribution in [3.05, 3.63) is 48.3 Å². The minimum Gasteiger partial charge on any atom is -0.508 e. The number of rotatable bonds is 3. The molecule has 1 fully saturated rings. The third kappa shape index (κ3) is 2.60.